The summed E-state index contributed by atoms with van der Waals surface area (Å²) in [5, 5.41) is 2.37. The predicted molar refractivity (Wildman–Crippen MR) is 82.4 cm³/mol. The quantitative estimate of drug-likeness (QED) is 0.806. The van der Waals surface area contributed by atoms with Crippen LogP contribution in [0.25, 0.3) is 0 Å². The number of hydrogen-bond donors (Lipinski definition) is 1. The molecule has 2 rings (SSSR count). The molecule has 0 atom stereocenters. The van der Waals surface area contributed by atoms with Crippen molar-refractivity contribution in [3.8, 4) is 5.75 Å². The number of rotatable bonds is 3. The van der Waals surface area contributed by atoms with E-state index in [4.69, 9.17) is 27.9 Å². The third-order valence-electron chi connectivity index (χ3n) is 2.94. The molecule has 1 amide bonds. The highest BCUT2D eigenvalue weighted by Gasteiger charge is 2.34. The number of hydrogen-bond acceptors (Lipinski definition) is 2. The second-order valence-electron chi connectivity index (χ2n) is 4.49. The Hall–Kier alpha value is -1.92. The zero-order valence-electron chi connectivity index (χ0n) is 11.7. The molecule has 0 unspecified atom stereocenters. The fourth-order valence-electron chi connectivity index (χ4n) is 1.91. The molecule has 23 heavy (non-hydrogen) atoms. The number of ether oxygens (including phenoxy) is 1. The lowest BCUT2D eigenvalue weighted by Crippen LogP contribution is -2.17. The van der Waals surface area contributed by atoms with E-state index < -0.39 is 23.3 Å². The molecule has 0 spiro atoms. The van der Waals surface area contributed by atoms with Gasteiger partial charge in [0, 0.05) is 10.0 Å². The van der Waals surface area contributed by atoms with Crippen molar-refractivity contribution in [1.82, 2.24) is 0 Å². The van der Waals surface area contributed by atoms with Gasteiger partial charge in [-0.15, -0.1) is 0 Å². The first-order valence-corrected chi connectivity index (χ1v) is 6.99. The first kappa shape index (κ1) is 17.4. The highest BCUT2D eigenvalue weighted by atomic mass is 35.5. The Morgan fingerprint density at radius 1 is 1.09 bits per heavy atom. The summed E-state index contributed by atoms with van der Waals surface area (Å²) in [5.41, 5.74) is -1.43. The van der Waals surface area contributed by atoms with Crippen LogP contribution < -0.4 is 10.1 Å². The molecule has 0 heterocycles. The molecule has 0 saturated heterocycles. The molecule has 0 bridgehead atoms. The van der Waals surface area contributed by atoms with E-state index in [1.807, 2.05) is 0 Å². The maximum absolute atomic E-state index is 13.0. The van der Waals surface area contributed by atoms with Crippen molar-refractivity contribution in [2.45, 2.75) is 6.18 Å². The Morgan fingerprint density at radius 3 is 2.30 bits per heavy atom. The summed E-state index contributed by atoms with van der Waals surface area (Å²) < 4.78 is 44.1. The number of halogens is 5. The Bertz CT molecular complexity index is 748. The Kier molecular flexibility index (Phi) is 5.06. The van der Waals surface area contributed by atoms with E-state index in [9.17, 15) is 18.0 Å². The van der Waals surface area contributed by atoms with Crippen molar-refractivity contribution in [2.75, 3.05) is 12.4 Å². The number of anilines is 1. The Balaban J connectivity index is 2.40. The molecule has 0 aromatic heterocycles. The Labute approximate surface area is 140 Å². The van der Waals surface area contributed by atoms with Gasteiger partial charge < -0.3 is 10.1 Å². The summed E-state index contributed by atoms with van der Waals surface area (Å²) in [7, 11) is 1.34. The summed E-state index contributed by atoms with van der Waals surface area (Å²) in [5.74, 6) is -0.591. The zero-order chi connectivity index (χ0) is 17.2. The van der Waals surface area contributed by atoms with Crippen LogP contribution >= 0.6 is 23.2 Å². The number of alkyl halides is 3. The molecule has 0 saturated carbocycles. The average molecular weight is 364 g/mol. The van der Waals surface area contributed by atoms with E-state index in [1.165, 1.54) is 31.4 Å². The molecule has 1 N–H and O–H groups in total. The molecule has 3 nitrogen and oxygen atoms in total. The summed E-state index contributed by atoms with van der Waals surface area (Å²) in [6, 6.07) is 7.33. The normalized spacial score (nSPS) is 11.2. The number of benzene rings is 2. The fraction of sp³-hybridized carbons (Fsp3) is 0.133. The minimum atomic E-state index is -4.66. The van der Waals surface area contributed by atoms with Crippen molar-refractivity contribution in [2.24, 2.45) is 0 Å². The topological polar surface area (TPSA) is 38.3 Å². The lowest BCUT2D eigenvalue weighted by molar-refractivity contribution is -0.136. The predicted octanol–water partition coefficient (Wildman–Crippen LogP) is 5.27. The lowest BCUT2D eigenvalue weighted by Gasteiger charge is -2.15. The Morgan fingerprint density at radius 2 is 1.70 bits per heavy atom. The van der Waals surface area contributed by atoms with Crippen LogP contribution in [0.15, 0.2) is 36.4 Å². The molecule has 0 aliphatic heterocycles. The highest BCUT2D eigenvalue weighted by Crippen LogP contribution is 2.37. The number of methoxy groups -OCH3 is 1. The maximum Gasteiger partial charge on any atom is 0.418 e. The number of carbonyl (C=O) groups excluding carboxylic acids is 1. The van der Waals surface area contributed by atoms with E-state index in [2.05, 4.69) is 5.32 Å². The standard InChI is InChI=1S/C15H10Cl2F3NO2/c1-23-13-5-3-8(16)6-10(13)14(22)21-12-4-2-9(17)7-11(12)15(18,19)20/h2-7H,1H3,(H,21,22). The van der Waals surface area contributed by atoms with E-state index in [0.717, 1.165) is 12.1 Å². The average Bonchev–Trinajstić information content (AvgIpc) is 2.48. The molecule has 0 fully saturated rings. The number of amides is 1. The molecule has 8 heteroatoms. The van der Waals surface area contributed by atoms with Crippen molar-refractivity contribution < 1.29 is 22.7 Å². The van der Waals surface area contributed by atoms with Crippen molar-refractivity contribution in [1.29, 1.82) is 0 Å². The number of carbonyl (C=O) groups is 1. The van der Waals surface area contributed by atoms with Crippen LogP contribution in [-0.4, -0.2) is 13.0 Å². The van der Waals surface area contributed by atoms with Gasteiger partial charge in [0.15, 0.2) is 0 Å². The van der Waals surface area contributed by atoms with Gasteiger partial charge in [-0.2, -0.15) is 13.2 Å². The minimum Gasteiger partial charge on any atom is -0.496 e. The van der Waals surface area contributed by atoms with Gasteiger partial charge in [-0.3, -0.25) is 4.79 Å². The van der Waals surface area contributed by atoms with Gasteiger partial charge in [-0.05, 0) is 36.4 Å². The first-order valence-electron chi connectivity index (χ1n) is 6.24. The summed E-state index contributed by atoms with van der Waals surface area (Å²) >= 11 is 11.4. The minimum absolute atomic E-state index is 0.0167. The SMILES string of the molecule is COc1ccc(Cl)cc1C(=O)Nc1ccc(Cl)cc1C(F)(F)F. The fourth-order valence-corrected chi connectivity index (χ4v) is 2.25. The monoisotopic (exact) mass is 363 g/mol. The van der Waals surface area contributed by atoms with Crippen LogP contribution in [0.3, 0.4) is 0 Å². The third kappa shape index (κ3) is 4.09. The van der Waals surface area contributed by atoms with Crippen LogP contribution in [-0.2, 0) is 6.18 Å². The van der Waals surface area contributed by atoms with Crippen molar-refractivity contribution in [3.05, 3.63) is 57.6 Å². The molecule has 0 aliphatic rings. The second-order valence-corrected chi connectivity index (χ2v) is 5.36. The highest BCUT2D eigenvalue weighted by molar-refractivity contribution is 6.31. The number of nitrogens with one attached hydrogen (secondary N) is 1. The van der Waals surface area contributed by atoms with Crippen molar-refractivity contribution in [3.63, 3.8) is 0 Å². The summed E-state index contributed by atoms with van der Waals surface area (Å²) in [6.45, 7) is 0. The summed E-state index contributed by atoms with van der Waals surface area (Å²) in [4.78, 5) is 12.3. The maximum atomic E-state index is 13.0. The molecule has 122 valence electrons. The zero-order valence-corrected chi connectivity index (χ0v) is 13.2. The van der Waals surface area contributed by atoms with Crippen LogP contribution in [0.1, 0.15) is 15.9 Å². The lowest BCUT2D eigenvalue weighted by atomic mass is 10.1. The molecule has 0 aliphatic carbocycles. The van der Waals surface area contributed by atoms with Crippen LogP contribution in [0.2, 0.25) is 10.0 Å². The van der Waals surface area contributed by atoms with Gasteiger partial charge >= 0.3 is 6.18 Å². The molecular formula is C15H10Cl2F3NO2. The van der Waals surface area contributed by atoms with Gasteiger partial charge in [-0.25, -0.2) is 0 Å². The third-order valence-corrected chi connectivity index (χ3v) is 3.41. The smallest absolute Gasteiger partial charge is 0.418 e. The van der Waals surface area contributed by atoms with Gasteiger partial charge in [0.05, 0.1) is 23.9 Å². The second kappa shape index (κ2) is 6.68. The molecular weight excluding hydrogens is 354 g/mol. The van der Waals surface area contributed by atoms with Gasteiger partial charge in [0.1, 0.15) is 5.75 Å². The van der Waals surface area contributed by atoms with E-state index in [1.54, 1.807) is 0 Å². The van der Waals surface area contributed by atoms with E-state index >= 15 is 0 Å². The molecule has 0 radical (unpaired) electrons. The molecule has 2 aromatic rings. The van der Waals surface area contributed by atoms with Crippen LogP contribution in [0.4, 0.5) is 18.9 Å². The van der Waals surface area contributed by atoms with Crippen LogP contribution in [0.5, 0.6) is 5.75 Å². The molecule has 2 aromatic carbocycles. The van der Waals surface area contributed by atoms with E-state index in [0.29, 0.717) is 0 Å². The van der Waals surface area contributed by atoms with Crippen molar-refractivity contribution >= 4 is 34.8 Å². The van der Waals surface area contributed by atoms with Crippen LogP contribution in [0, 0.1) is 0 Å². The van der Waals surface area contributed by atoms with Gasteiger partial charge in [0.25, 0.3) is 5.91 Å². The largest absolute Gasteiger partial charge is 0.496 e. The van der Waals surface area contributed by atoms with Gasteiger partial charge in [0.2, 0.25) is 0 Å². The van der Waals surface area contributed by atoms with E-state index in [-0.39, 0.29) is 21.4 Å². The van der Waals surface area contributed by atoms with Gasteiger partial charge in [-0.1, -0.05) is 23.2 Å². The summed E-state index contributed by atoms with van der Waals surface area (Å²) in [6.07, 6.45) is -4.66. The first-order chi connectivity index (χ1) is 10.7.